The molecule has 0 radical (unpaired) electrons. The van der Waals surface area contributed by atoms with Crippen molar-refractivity contribution in [3.63, 3.8) is 0 Å². The lowest BCUT2D eigenvalue weighted by Gasteiger charge is -2.12. The van der Waals surface area contributed by atoms with Crippen molar-refractivity contribution in [2.24, 2.45) is 0 Å². The number of nitrogens with zero attached hydrogens (tertiary/aromatic N) is 1. The molecule has 2 rings (SSSR count). The summed E-state index contributed by atoms with van der Waals surface area (Å²) in [6.45, 7) is 1.95. The Labute approximate surface area is 111 Å². The Hall–Kier alpha value is -1.94. The Morgan fingerprint density at radius 1 is 1.32 bits per heavy atom. The molecule has 0 bridgehead atoms. The van der Waals surface area contributed by atoms with Crippen LogP contribution in [0.1, 0.15) is 22.9 Å². The number of hydrogen-bond acceptors (Lipinski definition) is 3. The number of rotatable bonds is 4. The van der Waals surface area contributed by atoms with Gasteiger partial charge in [-0.25, -0.2) is 4.39 Å². The molecule has 0 amide bonds. The van der Waals surface area contributed by atoms with E-state index in [2.05, 4.69) is 4.98 Å². The minimum Gasteiger partial charge on any atom is -0.494 e. The summed E-state index contributed by atoms with van der Waals surface area (Å²) < 4.78 is 18.4. The highest BCUT2D eigenvalue weighted by molar-refractivity contribution is 5.31. The maximum absolute atomic E-state index is 13.6. The lowest BCUT2D eigenvalue weighted by atomic mass is 10.0. The van der Waals surface area contributed by atoms with Gasteiger partial charge in [-0.1, -0.05) is 12.1 Å². The molecule has 3 nitrogen and oxygen atoms in total. The first kappa shape index (κ1) is 13.5. The van der Waals surface area contributed by atoms with E-state index in [1.807, 2.05) is 19.1 Å². The molecule has 4 heteroatoms. The number of ether oxygens (including phenoxy) is 1. The fraction of sp³-hybridized carbons (Fsp3) is 0.267. The first-order valence-electron chi connectivity index (χ1n) is 6.03. The van der Waals surface area contributed by atoms with E-state index in [1.165, 1.54) is 19.2 Å². The van der Waals surface area contributed by atoms with E-state index in [0.717, 1.165) is 11.3 Å². The number of pyridine rings is 1. The Morgan fingerprint density at radius 2 is 2.11 bits per heavy atom. The molecule has 1 N–H and O–H groups in total. The average molecular weight is 261 g/mol. The standard InChI is InChI=1S/C15H16FNO2/c1-10-3-5-12(17-9-10)8-14(18)11-4-6-15(19-2)13(16)7-11/h3-7,9,14,18H,8H2,1-2H3. The third kappa shape index (κ3) is 3.29. The summed E-state index contributed by atoms with van der Waals surface area (Å²) in [6.07, 6.45) is 1.32. The molecule has 0 aliphatic heterocycles. The van der Waals surface area contributed by atoms with Crippen LogP contribution in [0.5, 0.6) is 5.75 Å². The minimum absolute atomic E-state index is 0.171. The second kappa shape index (κ2) is 5.80. The molecule has 1 atom stereocenters. The highest BCUT2D eigenvalue weighted by Gasteiger charge is 2.12. The fourth-order valence-corrected chi connectivity index (χ4v) is 1.83. The summed E-state index contributed by atoms with van der Waals surface area (Å²) in [6, 6.07) is 8.25. The van der Waals surface area contributed by atoms with Gasteiger partial charge in [-0.3, -0.25) is 4.98 Å². The number of aliphatic hydroxyl groups is 1. The normalized spacial score (nSPS) is 12.2. The molecule has 1 heterocycles. The average Bonchev–Trinajstić information content (AvgIpc) is 2.41. The molecule has 1 aromatic heterocycles. The number of hydrogen-bond donors (Lipinski definition) is 1. The summed E-state index contributed by atoms with van der Waals surface area (Å²) in [4.78, 5) is 4.22. The quantitative estimate of drug-likeness (QED) is 0.920. The van der Waals surface area contributed by atoms with Gasteiger partial charge < -0.3 is 9.84 Å². The molecule has 0 fully saturated rings. The van der Waals surface area contributed by atoms with E-state index in [4.69, 9.17) is 4.74 Å². The summed E-state index contributed by atoms with van der Waals surface area (Å²) in [5.41, 5.74) is 2.35. The Balaban J connectivity index is 2.13. The van der Waals surface area contributed by atoms with Crippen molar-refractivity contribution in [3.05, 3.63) is 59.2 Å². The van der Waals surface area contributed by atoms with Crippen LogP contribution in [0.25, 0.3) is 0 Å². The summed E-state index contributed by atoms with van der Waals surface area (Å²) in [5, 5.41) is 10.1. The van der Waals surface area contributed by atoms with E-state index in [-0.39, 0.29) is 5.75 Å². The van der Waals surface area contributed by atoms with Crippen LogP contribution in [0.4, 0.5) is 4.39 Å². The van der Waals surface area contributed by atoms with Crippen LogP contribution in [-0.2, 0) is 6.42 Å². The van der Waals surface area contributed by atoms with Crippen LogP contribution >= 0.6 is 0 Å². The highest BCUT2D eigenvalue weighted by atomic mass is 19.1. The number of aromatic nitrogens is 1. The van der Waals surface area contributed by atoms with Gasteiger partial charge in [0.1, 0.15) is 0 Å². The molecule has 0 saturated heterocycles. The fourth-order valence-electron chi connectivity index (χ4n) is 1.83. The van der Waals surface area contributed by atoms with E-state index in [9.17, 15) is 9.50 Å². The monoisotopic (exact) mass is 261 g/mol. The predicted molar refractivity (Wildman–Crippen MR) is 70.6 cm³/mol. The van der Waals surface area contributed by atoms with Gasteiger partial charge in [0.05, 0.1) is 13.2 Å². The molecule has 0 spiro atoms. The Kier molecular flexibility index (Phi) is 4.12. The maximum atomic E-state index is 13.6. The maximum Gasteiger partial charge on any atom is 0.165 e. The van der Waals surface area contributed by atoms with Crippen LogP contribution in [0.3, 0.4) is 0 Å². The van der Waals surface area contributed by atoms with Crippen LogP contribution in [0, 0.1) is 12.7 Å². The van der Waals surface area contributed by atoms with Gasteiger partial charge >= 0.3 is 0 Å². The lowest BCUT2D eigenvalue weighted by Crippen LogP contribution is -2.04. The van der Waals surface area contributed by atoms with E-state index in [1.54, 1.807) is 12.3 Å². The van der Waals surface area contributed by atoms with Crippen molar-refractivity contribution in [3.8, 4) is 5.75 Å². The van der Waals surface area contributed by atoms with Gasteiger partial charge in [-0.2, -0.15) is 0 Å². The first-order chi connectivity index (χ1) is 9.10. The molecule has 2 aromatic rings. The zero-order valence-corrected chi connectivity index (χ0v) is 10.9. The van der Waals surface area contributed by atoms with Gasteiger partial charge in [0.25, 0.3) is 0 Å². The lowest BCUT2D eigenvalue weighted by molar-refractivity contribution is 0.176. The molecule has 19 heavy (non-hydrogen) atoms. The summed E-state index contributed by atoms with van der Waals surface area (Å²) in [5.74, 6) is -0.305. The van der Waals surface area contributed by atoms with Crippen molar-refractivity contribution in [2.45, 2.75) is 19.4 Å². The van der Waals surface area contributed by atoms with Crippen molar-refractivity contribution < 1.29 is 14.2 Å². The van der Waals surface area contributed by atoms with Crippen LogP contribution in [0.15, 0.2) is 36.5 Å². The van der Waals surface area contributed by atoms with E-state index >= 15 is 0 Å². The van der Waals surface area contributed by atoms with Gasteiger partial charge in [0, 0.05) is 18.3 Å². The topological polar surface area (TPSA) is 42.4 Å². The number of halogens is 1. The van der Waals surface area contributed by atoms with Crippen molar-refractivity contribution >= 4 is 0 Å². The van der Waals surface area contributed by atoms with Gasteiger partial charge in [-0.15, -0.1) is 0 Å². The summed E-state index contributed by atoms with van der Waals surface area (Å²) >= 11 is 0. The summed E-state index contributed by atoms with van der Waals surface area (Å²) in [7, 11) is 1.41. The highest BCUT2D eigenvalue weighted by Crippen LogP contribution is 2.23. The van der Waals surface area contributed by atoms with Gasteiger partial charge in [0.15, 0.2) is 11.6 Å². The van der Waals surface area contributed by atoms with E-state index in [0.29, 0.717) is 12.0 Å². The van der Waals surface area contributed by atoms with Crippen LogP contribution in [-0.4, -0.2) is 17.2 Å². The number of aryl methyl sites for hydroxylation is 1. The van der Waals surface area contributed by atoms with Crippen molar-refractivity contribution in [1.82, 2.24) is 4.98 Å². The Bertz CT molecular complexity index is 555. The molecular formula is C15H16FNO2. The van der Waals surface area contributed by atoms with Crippen LogP contribution < -0.4 is 4.74 Å². The van der Waals surface area contributed by atoms with Gasteiger partial charge in [0.2, 0.25) is 0 Å². The largest absolute Gasteiger partial charge is 0.494 e. The third-order valence-corrected chi connectivity index (χ3v) is 2.94. The third-order valence-electron chi connectivity index (χ3n) is 2.94. The number of aliphatic hydroxyl groups excluding tert-OH is 1. The van der Waals surface area contributed by atoms with E-state index < -0.39 is 11.9 Å². The number of methoxy groups -OCH3 is 1. The van der Waals surface area contributed by atoms with Crippen LogP contribution in [0.2, 0.25) is 0 Å². The SMILES string of the molecule is COc1ccc(C(O)Cc2ccc(C)cn2)cc1F. The van der Waals surface area contributed by atoms with Crippen molar-refractivity contribution in [1.29, 1.82) is 0 Å². The van der Waals surface area contributed by atoms with Crippen molar-refractivity contribution in [2.75, 3.05) is 7.11 Å². The predicted octanol–water partition coefficient (Wildman–Crippen LogP) is 2.81. The smallest absolute Gasteiger partial charge is 0.165 e. The number of benzene rings is 1. The zero-order chi connectivity index (χ0) is 13.8. The first-order valence-corrected chi connectivity index (χ1v) is 6.03. The second-order valence-corrected chi connectivity index (χ2v) is 4.44. The molecule has 1 aromatic carbocycles. The molecular weight excluding hydrogens is 245 g/mol. The molecule has 0 aliphatic carbocycles. The molecule has 100 valence electrons. The molecule has 0 saturated carbocycles. The molecule has 0 aliphatic rings. The second-order valence-electron chi connectivity index (χ2n) is 4.44. The molecule has 1 unspecified atom stereocenters. The minimum atomic E-state index is -0.782. The van der Waals surface area contributed by atoms with Gasteiger partial charge in [-0.05, 0) is 36.2 Å². The Morgan fingerprint density at radius 3 is 2.68 bits per heavy atom. The zero-order valence-electron chi connectivity index (χ0n) is 10.9.